The molecule has 0 aromatic heterocycles. The molecule has 0 aromatic carbocycles. The quantitative estimate of drug-likeness (QED) is 0.257. The van der Waals surface area contributed by atoms with Crippen LogP contribution in [0.15, 0.2) is 0 Å². The summed E-state index contributed by atoms with van der Waals surface area (Å²) in [4.78, 5) is 48.4. The Morgan fingerprint density at radius 2 is 1.44 bits per heavy atom. The summed E-state index contributed by atoms with van der Waals surface area (Å²) >= 11 is 0. The molecule has 0 spiro atoms. The van der Waals surface area contributed by atoms with Crippen LogP contribution in [0.5, 0.6) is 0 Å². The van der Waals surface area contributed by atoms with Crippen LogP contribution in [0.4, 0.5) is 4.79 Å². The Balaban J connectivity index is 4.06. The predicted octanol–water partition coefficient (Wildman–Crippen LogP) is 2.86. The van der Waals surface area contributed by atoms with Crippen LogP contribution in [-0.2, 0) is 19.1 Å². The number of carbonyl (C=O) groups is 4. The molecule has 0 fully saturated rings. The number of rotatable bonds is 19. The summed E-state index contributed by atoms with van der Waals surface area (Å²) in [6.45, 7) is 2.62. The Morgan fingerprint density at radius 1 is 0.906 bits per heavy atom. The maximum absolute atomic E-state index is 12.3. The van der Waals surface area contributed by atoms with Crippen molar-refractivity contribution in [3.8, 4) is 0 Å². The van der Waals surface area contributed by atoms with Gasteiger partial charge in [0.2, 0.25) is 17.7 Å². The largest absolute Gasteiger partial charge is 0.453 e. The lowest BCUT2D eigenvalue weighted by Crippen LogP contribution is -2.49. The molecule has 0 saturated carbocycles. The van der Waals surface area contributed by atoms with E-state index in [1.54, 1.807) is 0 Å². The van der Waals surface area contributed by atoms with Gasteiger partial charge in [-0.2, -0.15) is 0 Å². The van der Waals surface area contributed by atoms with Crippen LogP contribution in [0.3, 0.4) is 0 Å². The zero-order chi connectivity index (χ0) is 24.2. The van der Waals surface area contributed by atoms with Gasteiger partial charge in [0, 0.05) is 26.6 Å². The molecule has 0 rings (SSSR count). The SMILES string of the molecule is CCCCCCCCCCCCCC(=O)N[C@H](CC(N)=O)C(=O)NCCN(C)C(=O)OC. The smallest absolute Gasteiger partial charge is 0.409 e. The van der Waals surface area contributed by atoms with Crippen LogP contribution >= 0.6 is 0 Å². The van der Waals surface area contributed by atoms with Crippen molar-refractivity contribution in [1.29, 1.82) is 0 Å². The Morgan fingerprint density at radius 3 is 1.94 bits per heavy atom. The molecule has 4 N–H and O–H groups in total. The number of likely N-dealkylation sites (N-methyl/N-ethyl adjacent to an activating group) is 1. The first kappa shape index (κ1) is 29.7. The van der Waals surface area contributed by atoms with Gasteiger partial charge in [0.05, 0.1) is 13.5 Å². The Bertz CT molecular complexity index is 557. The monoisotopic (exact) mass is 456 g/mol. The first-order valence-electron chi connectivity index (χ1n) is 12.0. The highest BCUT2D eigenvalue weighted by Crippen LogP contribution is 2.12. The standard InChI is InChI=1S/C23H44N4O5/c1-4-5-6-7-8-9-10-11-12-13-14-15-21(29)26-19(18-20(24)28)22(30)25-16-17-27(2)23(31)32-3/h19H,4-18H2,1-3H3,(H2,24,28)(H,25,30)(H,26,29)/t19-/m1/s1. The van der Waals surface area contributed by atoms with Crippen LogP contribution in [0, 0.1) is 0 Å². The minimum atomic E-state index is -1.02. The summed E-state index contributed by atoms with van der Waals surface area (Å²) in [5.74, 6) is -1.45. The van der Waals surface area contributed by atoms with Crippen LogP contribution < -0.4 is 16.4 Å². The van der Waals surface area contributed by atoms with Gasteiger partial charge >= 0.3 is 6.09 Å². The summed E-state index contributed by atoms with van der Waals surface area (Å²) in [6.07, 6.45) is 12.6. The third-order valence-corrected chi connectivity index (χ3v) is 5.30. The first-order valence-corrected chi connectivity index (χ1v) is 12.0. The number of nitrogens with one attached hydrogen (secondary N) is 2. The highest BCUT2D eigenvalue weighted by atomic mass is 16.5. The van der Waals surface area contributed by atoms with Gasteiger partial charge < -0.3 is 26.0 Å². The average molecular weight is 457 g/mol. The normalized spacial score (nSPS) is 11.5. The molecule has 4 amide bonds. The second-order valence-corrected chi connectivity index (χ2v) is 8.26. The zero-order valence-electron chi connectivity index (χ0n) is 20.2. The van der Waals surface area contributed by atoms with E-state index in [4.69, 9.17) is 5.73 Å². The lowest BCUT2D eigenvalue weighted by Gasteiger charge is -2.19. The number of nitrogens with two attached hydrogens (primary N) is 1. The minimum Gasteiger partial charge on any atom is -0.453 e. The molecule has 0 radical (unpaired) electrons. The molecule has 9 heteroatoms. The van der Waals surface area contributed by atoms with E-state index < -0.39 is 23.9 Å². The highest BCUT2D eigenvalue weighted by molar-refractivity contribution is 5.91. The molecule has 0 aliphatic rings. The van der Waals surface area contributed by atoms with Gasteiger partial charge in [0.1, 0.15) is 6.04 Å². The maximum Gasteiger partial charge on any atom is 0.409 e. The van der Waals surface area contributed by atoms with Gasteiger partial charge in [0.25, 0.3) is 0 Å². The van der Waals surface area contributed by atoms with Crippen molar-refractivity contribution in [2.24, 2.45) is 5.73 Å². The van der Waals surface area contributed by atoms with Gasteiger partial charge in [-0.05, 0) is 6.42 Å². The second kappa shape index (κ2) is 19.4. The fourth-order valence-electron chi connectivity index (χ4n) is 3.34. The van der Waals surface area contributed by atoms with Gasteiger partial charge in [-0.15, -0.1) is 0 Å². The van der Waals surface area contributed by atoms with Crippen LogP contribution in [0.25, 0.3) is 0 Å². The second-order valence-electron chi connectivity index (χ2n) is 8.26. The number of hydrogen-bond acceptors (Lipinski definition) is 5. The molecule has 0 bridgehead atoms. The van der Waals surface area contributed by atoms with Crippen molar-refractivity contribution >= 4 is 23.8 Å². The molecule has 186 valence electrons. The number of nitrogens with zero attached hydrogens (tertiary/aromatic N) is 1. The number of amides is 4. The van der Waals surface area contributed by atoms with E-state index in [1.165, 1.54) is 70.4 Å². The summed E-state index contributed by atoms with van der Waals surface area (Å²) < 4.78 is 4.57. The Hall–Kier alpha value is -2.32. The third-order valence-electron chi connectivity index (χ3n) is 5.30. The van der Waals surface area contributed by atoms with E-state index in [2.05, 4.69) is 22.3 Å². The molecule has 32 heavy (non-hydrogen) atoms. The lowest BCUT2D eigenvalue weighted by molar-refractivity contribution is -0.131. The van der Waals surface area contributed by atoms with E-state index in [0.717, 1.165) is 19.3 Å². The molecule has 0 heterocycles. The van der Waals surface area contributed by atoms with Crippen molar-refractivity contribution in [2.45, 2.75) is 96.4 Å². The van der Waals surface area contributed by atoms with E-state index >= 15 is 0 Å². The Kier molecular flexibility index (Phi) is 18.0. The number of methoxy groups -OCH3 is 1. The van der Waals surface area contributed by atoms with Crippen LogP contribution in [0.1, 0.15) is 90.4 Å². The zero-order valence-corrected chi connectivity index (χ0v) is 20.2. The predicted molar refractivity (Wildman–Crippen MR) is 125 cm³/mol. The summed E-state index contributed by atoms with van der Waals surface area (Å²) in [6, 6.07) is -1.02. The fraction of sp³-hybridized carbons (Fsp3) is 0.826. The minimum absolute atomic E-state index is 0.161. The summed E-state index contributed by atoms with van der Waals surface area (Å²) in [5, 5.41) is 5.20. The number of ether oxygens (including phenoxy) is 1. The number of primary amides is 1. The summed E-state index contributed by atoms with van der Waals surface area (Å²) in [5.41, 5.74) is 5.22. The topological polar surface area (TPSA) is 131 Å². The maximum atomic E-state index is 12.3. The van der Waals surface area contributed by atoms with Gasteiger partial charge in [0.15, 0.2) is 0 Å². The third kappa shape index (κ3) is 16.4. The molecular weight excluding hydrogens is 412 g/mol. The van der Waals surface area contributed by atoms with Crippen molar-refractivity contribution < 1.29 is 23.9 Å². The van der Waals surface area contributed by atoms with Crippen molar-refractivity contribution in [3.05, 3.63) is 0 Å². The van der Waals surface area contributed by atoms with Crippen molar-refractivity contribution in [2.75, 3.05) is 27.2 Å². The van der Waals surface area contributed by atoms with E-state index in [0.29, 0.717) is 6.42 Å². The van der Waals surface area contributed by atoms with Crippen molar-refractivity contribution in [3.63, 3.8) is 0 Å². The molecule has 0 unspecified atom stereocenters. The molecule has 9 nitrogen and oxygen atoms in total. The summed E-state index contributed by atoms with van der Waals surface area (Å²) in [7, 11) is 2.81. The molecule has 0 aromatic rings. The number of hydrogen-bond donors (Lipinski definition) is 3. The molecular formula is C23H44N4O5. The number of unbranched alkanes of at least 4 members (excludes halogenated alkanes) is 10. The van der Waals surface area contributed by atoms with Crippen LogP contribution in [0.2, 0.25) is 0 Å². The van der Waals surface area contributed by atoms with E-state index in [-0.39, 0.29) is 25.4 Å². The van der Waals surface area contributed by atoms with Crippen molar-refractivity contribution in [1.82, 2.24) is 15.5 Å². The Labute approximate surface area is 193 Å². The molecule has 0 aliphatic carbocycles. The lowest BCUT2D eigenvalue weighted by atomic mass is 10.1. The molecule has 0 aliphatic heterocycles. The fourth-order valence-corrected chi connectivity index (χ4v) is 3.34. The number of carbonyl (C=O) groups excluding carboxylic acids is 4. The van der Waals surface area contributed by atoms with Gasteiger partial charge in [-0.3, -0.25) is 14.4 Å². The van der Waals surface area contributed by atoms with E-state index in [1.807, 2.05) is 0 Å². The highest BCUT2D eigenvalue weighted by Gasteiger charge is 2.22. The van der Waals surface area contributed by atoms with E-state index in [9.17, 15) is 19.2 Å². The average Bonchev–Trinajstić information content (AvgIpc) is 2.75. The van der Waals surface area contributed by atoms with Gasteiger partial charge in [-0.1, -0.05) is 71.1 Å². The molecule has 0 saturated heterocycles. The van der Waals surface area contributed by atoms with Crippen LogP contribution in [-0.4, -0.2) is 62.0 Å². The van der Waals surface area contributed by atoms with Gasteiger partial charge in [-0.25, -0.2) is 4.79 Å². The molecule has 1 atom stereocenters. The first-order chi connectivity index (χ1) is 15.3.